The lowest BCUT2D eigenvalue weighted by atomic mass is 9.81. The van der Waals surface area contributed by atoms with E-state index >= 15 is 0 Å². The molecule has 0 bridgehead atoms. The van der Waals surface area contributed by atoms with E-state index in [-0.39, 0.29) is 17.8 Å². The number of nitrogens with one attached hydrogen (secondary N) is 1. The van der Waals surface area contributed by atoms with E-state index in [1.54, 1.807) is 12.1 Å². The maximum atomic E-state index is 13.0. The molecular weight excluding hydrogens is 371 g/mol. The lowest BCUT2D eigenvalue weighted by molar-refractivity contribution is -0.134. The SMILES string of the molecule is CCC(=O)NOCC1CCC(CCN2CCC(Oc3ccc(F)cc3)CC2)CC1. The number of rotatable bonds is 9. The first-order valence-corrected chi connectivity index (χ1v) is 11.2. The van der Waals surface area contributed by atoms with Crippen molar-refractivity contribution in [2.24, 2.45) is 11.8 Å². The Kier molecular flexibility index (Phi) is 8.74. The van der Waals surface area contributed by atoms with Crippen LogP contribution in [0.3, 0.4) is 0 Å². The molecule has 1 saturated heterocycles. The fraction of sp³-hybridized carbons (Fsp3) is 0.696. The summed E-state index contributed by atoms with van der Waals surface area (Å²) in [5, 5.41) is 0. The van der Waals surface area contributed by atoms with Crippen molar-refractivity contribution in [3.05, 3.63) is 30.1 Å². The van der Waals surface area contributed by atoms with Gasteiger partial charge in [0.15, 0.2) is 0 Å². The first kappa shape index (κ1) is 22.0. The van der Waals surface area contributed by atoms with Crippen LogP contribution in [0.2, 0.25) is 0 Å². The summed E-state index contributed by atoms with van der Waals surface area (Å²) in [7, 11) is 0. The van der Waals surface area contributed by atoms with E-state index in [0.717, 1.165) is 37.6 Å². The van der Waals surface area contributed by atoms with Gasteiger partial charge < -0.3 is 9.64 Å². The second-order valence-electron chi connectivity index (χ2n) is 8.48. The predicted molar refractivity (Wildman–Crippen MR) is 111 cm³/mol. The van der Waals surface area contributed by atoms with Crippen LogP contribution >= 0.6 is 0 Å². The molecule has 1 heterocycles. The molecule has 2 aliphatic rings. The summed E-state index contributed by atoms with van der Waals surface area (Å²) in [6, 6.07) is 6.32. The Balaban J connectivity index is 1.25. The lowest BCUT2D eigenvalue weighted by Gasteiger charge is -2.34. The summed E-state index contributed by atoms with van der Waals surface area (Å²) in [6.07, 6.45) is 8.95. The van der Waals surface area contributed by atoms with Crippen molar-refractivity contribution in [2.45, 2.75) is 64.4 Å². The van der Waals surface area contributed by atoms with Crippen LogP contribution in [0.1, 0.15) is 58.3 Å². The largest absolute Gasteiger partial charge is 0.490 e. The third-order valence-electron chi connectivity index (χ3n) is 6.30. The number of carbonyl (C=O) groups excluding carboxylic acids is 1. The van der Waals surface area contributed by atoms with Gasteiger partial charge in [-0.3, -0.25) is 9.63 Å². The number of halogens is 1. The molecule has 162 valence electrons. The van der Waals surface area contributed by atoms with E-state index in [2.05, 4.69) is 10.4 Å². The van der Waals surface area contributed by atoms with Gasteiger partial charge in [0, 0.05) is 19.5 Å². The zero-order valence-corrected chi connectivity index (χ0v) is 17.6. The number of hydrogen-bond acceptors (Lipinski definition) is 4. The van der Waals surface area contributed by atoms with Crippen molar-refractivity contribution in [1.82, 2.24) is 10.4 Å². The number of amides is 1. The van der Waals surface area contributed by atoms with Crippen LogP contribution in [0.5, 0.6) is 5.75 Å². The second kappa shape index (κ2) is 11.5. The molecule has 0 unspecified atom stereocenters. The van der Waals surface area contributed by atoms with Crippen molar-refractivity contribution in [3.63, 3.8) is 0 Å². The molecule has 6 heteroatoms. The van der Waals surface area contributed by atoms with E-state index in [0.29, 0.717) is 18.9 Å². The van der Waals surface area contributed by atoms with Gasteiger partial charge >= 0.3 is 0 Å². The van der Waals surface area contributed by atoms with Crippen LogP contribution in [0, 0.1) is 17.7 Å². The van der Waals surface area contributed by atoms with Crippen molar-refractivity contribution in [2.75, 3.05) is 26.2 Å². The van der Waals surface area contributed by atoms with Crippen LogP contribution in [-0.4, -0.2) is 43.2 Å². The van der Waals surface area contributed by atoms with Crippen molar-refractivity contribution < 1.29 is 18.8 Å². The second-order valence-corrected chi connectivity index (χ2v) is 8.48. The highest BCUT2D eigenvalue weighted by atomic mass is 19.1. The minimum Gasteiger partial charge on any atom is -0.490 e. The smallest absolute Gasteiger partial charge is 0.243 e. The van der Waals surface area contributed by atoms with E-state index in [1.807, 2.05) is 6.92 Å². The molecule has 3 rings (SSSR count). The standard InChI is InChI=1S/C23H35FN2O3/c1-2-23(27)25-28-17-19-5-3-18(4-6-19)11-14-26-15-12-22(13-16-26)29-21-9-7-20(24)8-10-21/h7-10,18-19,22H,2-6,11-17H2,1H3,(H,25,27). The zero-order valence-electron chi connectivity index (χ0n) is 17.6. The van der Waals surface area contributed by atoms with Gasteiger partial charge in [0.1, 0.15) is 17.7 Å². The Bertz CT molecular complexity index is 609. The summed E-state index contributed by atoms with van der Waals surface area (Å²) >= 11 is 0. The summed E-state index contributed by atoms with van der Waals surface area (Å²) in [5.74, 6) is 1.87. The van der Waals surface area contributed by atoms with Crippen LogP contribution in [0.25, 0.3) is 0 Å². The van der Waals surface area contributed by atoms with Crippen LogP contribution in [0.4, 0.5) is 4.39 Å². The Morgan fingerprint density at radius 2 is 1.72 bits per heavy atom. The molecule has 29 heavy (non-hydrogen) atoms. The normalized spacial score (nSPS) is 23.7. The van der Waals surface area contributed by atoms with E-state index in [1.165, 1.54) is 50.8 Å². The average molecular weight is 407 g/mol. The molecule has 0 atom stereocenters. The van der Waals surface area contributed by atoms with Crippen molar-refractivity contribution in [3.8, 4) is 5.75 Å². The molecule has 1 N–H and O–H groups in total. The molecule has 1 aromatic rings. The number of hydroxylamine groups is 1. The summed E-state index contributed by atoms with van der Waals surface area (Å²) < 4.78 is 19.0. The van der Waals surface area contributed by atoms with Gasteiger partial charge in [-0.25, -0.2) is 9.87 Å². The minimum absolute atomic E-state index is 0.0504. The Labute approximate surface area is 173 Å². The molecule has 1 aromatic carbocycles. The van der Waals surface area contributed by atoms with Crippen molar-refractivity contribution >= 4 is 5.91 Å². The summed E-state index contributed by atoms with van der Waals surface area (Å²) in [5.41, 5.74) is 2.51. The fourth-order valence-electron chi connectivity index (χ4n) is 4.32. The van der Waals surface area contributed by atoms with Crippen molar-refractivity contribution in [1.29, 1.82) is 0 Å². The fourth-order valence-corrected chi connectivity index (χ4v) is 4.32. The molecule has 0 spiro atoms. The molecule has 2 fully saturated rings. The highest BCUT2D eigenvalue weighted by Crippen LogP contribution is 2.31. The molecule has 1 amide bonds. The predicted octanol–water partition coefficient (Wildman–Crippen LogP) is 4.32. The van der Waals surface area contributed by atoms with E-state index in [9.17, 15) is 9.18 Å². The number of piperidine rings is 1. The van der Waals surface area contributed by atoms with Crippen LogP contribution in [0.15, 0.2) is 24.3 Å². The number of nitrogens with zero attached hydrogens (tertiary/aromatic N) is 1. The summed E-state index contributed by atoms with van der Waals surface area (Å²) in [4.78, 5) is 19.1. The Morgan fingerprint density at radius 1 is 1.07 bits per heavy atom. The first-order valence-electron chi connectivity index (χ1n) is 11.2. The van der Waals surface area contributed by atoms with Gasteiger partial charge in [-0.2, -0.15) is 0 Å². The van der Waals surface area contributed by atoms with Gasteiger partial charge in [-0.1, -0.05) is 19.8 Å². The Hall–Kier alpha value is -1.66. The van der Waals surface area contributed by atoms with E-state index < -0.39 is 0 Å². The number of carbonyl (C=O) groups is 1. The number of ether oxygens (including phenoxy) is 1. The van der Waals surface area contributed by atoms with Gasteiger partial charge in [-0.05, 0) is 74.8 Å². The number of likely N-dealkylation sites (tertiary alicyclic amines) is 1. The van der Waals surface area contributed by atoms with Gasteiger partial charge in [0.2, 0.25) is 5.91 Å². The van der Waals surface area contributed by atoms with Gasteiger partial charge in [-0.15, -0.1) is 0 Å². The van der Waals surface area contributed by atoms with E-state index in [4.69, 9.17) is 9.57 Å². The number of benzene rings is 1. The topological polar surface area (TPSA) is 50.8 Å². The average Bonchev–Trinajstić information content (AvgIpc) is 2.75. The Morgan fingerprint density at radius 3 is 2.38 bits per heavy atom. The third kappa shape index (κ3) is 7.59. The van der Waals surface area contributed by atoms with Gasteiger partial charge in [0.25, 0.3) is 0 Å². The molecule has 1 aliphatic heterocycles. The number of hydrogen-bond donors (Lipinski definition) is 1. The van der Waals surface area contributed by atoms with Gasteiger partial charge in [0.05, 0.1) is 6.61 Å². The highest BCUT2D eigenvalue weighted by Gasteiger charge is 2.24. The molecule has 5 nitrogen and oxygen atoms in total. The maximum absolute atomic E-state index is 13.0. The highest BCUT2D eigenvalue weighted by molar-refractivity contribution is 5.74. The zero-order chi connectivity index (χ0) is 20.5. The summed E-state index contributed by atoms with van der Waals surface area (Å²) in [6.45, 7) is 5.78. The minimum atomic E-state index is -0.225. The molecule has 0 aromatic heterocycles. The quantitative estimate of drug-likeness (QED) is 0.621. The van der Waals surface area contributed by atoms with Crippen LogP contribution in [-0.2, 0) is 9.63 Å². The molecule has 1 aliphatic carbocycles. The first-order chi connectivity index (χ1) is 14.1. The third-order valence-corrected chi connectivity index (χ3v) is 6.30. The molecule has 1 saturated carbocycles. The molecule has 0 radical (unpaired) electrons. The lowest BCUT2D eigenvalue weighted by Crippen LogP contribution is -2.39. The van der Waals surface area contributed by atoms with Crippen LogP contribution < -0.4 is 10.2 Å². The monoisotopic (exact) mass is 406 g/mol. The maximum Gasteiger partial charge on any atom is 0.243 e. The molecular formula is C23H35FN2O3.